The molecule has 0 radical (unpaired) electrons. The second-order valence-corrected chi connectivity index (χ2v) is 6.02. The molecular weight excluding hydrogens is 252 g/mol. The smallest absolute Gasteiger partial charge is 0.0710 e. The van der Waals surface area contributed by atoms with Crippen molar-refractivity contribution in [1.82, 2.24) is 20.5 Å². The molecule has 106 valence electrons. The average Bonchev–Trinajstić information content (AvgIpc) is 2.92. The van der Waals surface area contributed by atoms with Crippen LogP contribution in [0.2, 0.25) is 0 Å². The number of aromatic amines is 1. The monoisotopic (exact) mass is 272 g/mol. The molecule has 5 heteroatoms. The Balaban J connectivity index is 1.70. The number of aliphatic hydroxyl groups excluding tert-OH is 1. The van der Waals surface area contributed by atoms with Crippen molar-refractivity contribution in [3.63, 3.8) is 0 Å². The molecule has 3 N–H and O–H groups in total. The second-order valence-electron chi connectivity index (χ2n) is 6.02. The molecule has 0 saturated heterocycles. The van der Waals surface area contributed by atoms with E-state index in [-0.39, 0.29) is 11.5 Å². The molecule has 2 aromatic heterocycles. The van der Waals surface area contributed by atoms with Gasteiger partial charge in [-0.05, 0) is 18.6 Å². The van der Waals surface area contributed by atoms with Crippen molar-refractivity contribution in [2.75, 3.05) is 0 Å². The SMILES string of the molecule is CC1(C)C(O)CC1NCc1cn[nH]c1-c1cccnc1. The minimum atomic E-state index is -0.206. The van der Waals surface area contributed by atoms with Gasteiger partial charge in [0.25, 0.3) is 0 Å². The van der Waals surface area contributed by atoms with Crippen LogP contribution in [0.4, 0.5) is 0 Å². The maximum Gasteiger partial charge on any atom is 0.0710 e. The number of hydrogen-bond acceptors (Lipinski definition) is 4. The summed E-state index contributed by atoms with van der Waals surface area (Å²) in [6.07, 6.45) is 6.04. The van der Waals surface area contributed by atoms with Gasteiger partial charge < -0.3 is 10.4 Å². The molecule has 0 aliphatic heterocycles. The molecule has 20 heavy (non-hydrogen) atoms. The molecule has 2 heterocycles. The van der Waals surface area contributed by atoms with E-state index < -0.39 is 0 Å². The fourth-order valence-electron chi connectivity index (χ4n) is 2.69. The number of aliphatic hydroxyl groups is 1. The first-order chi connectivity index (χ1) is 9.59. The average molecular weight is 272 g/mol. The molecule has 0 bridgehead atoms. The van der Waals surface area contributed by atoms with Crippen molar-refractivity contribution in [2.24, 2.45) is 5.41 Å². The van der Waals surface area contributed by atoms with Gasteiger partial charge in [-0.1, -0.05) is 13.8 Å². The summed E-state index contributed by atoms with van der Waals surface area (Å²) in [7, 11) is 0. The van der Waals surface area contributed by atoms with E-state index in [2.05, 4.69) is 34.3 Å². The molecule has 3 rings (SSSR count). The van der Waals surface area contributed by atoms with Crippen LogP contribution in [-0.4, -0.2) is 32.4 Å². The first-order valence-electron chi connectivity index (χ1n) is 6.93. The highest BCUT2D eigenvalue weighted by Gasteiger charge is 2.46. The van der Waals surface area contributed by atoms with Crippen molar-refractivity contribution < 1.29 is 5.11 Å². The van der Waals surface area contributed by atoms with Crippen molar-refractivity contribution in [2.45, 2.75) is 39.0 Å². The number of pyridine rings is 1. The summed E-state index contributed by atoms with van der Waals surface area (Å²) >= 11 is 0. The zero-order valence-electron chi connectivity index (χ0n) is 11.8. The zero-order valence-corrected chi connectivity index (χ0v) is 11.8. The normalized spacial score (nSPS) is 24.4. The minimum Gasteiger partial charge on any atom is -0.392 e. The zero-order chi connectivity index (χ0) is 14.2. The van der Waals surface area contributed by atoms with Crippen LogP contribution in [0.3, 0.4) is 0 Å². The van der Waals surface area contributed by atoms with Gasteiger partial charge in [0.1, 0.15) is 0 Å². The number of rotatable bonds is 4. The first-order valence-corrected chi connectivity index (χ1v) is 6.93. The topological polar surface area (TPSA) is 73.8 Å². The Morgan fingerprint density at radius 3 is 2.95 bits per heavy atom. The highest BCUT2D eigenvalue weighted by molar-refractivity contribution is 5.61. The number of nitrogens with one attached hydrogen (secondary N) is 2. The number of H-pyrrole nitrogens is 1. The van der Waals surface area contributed by atoms with Crippen LogP contribution in [0.15, 0.2) is 30.7 Å². The molecule has 2 aromatic rings. The van der Waals surface area contributed by atoms with E-state index in [1.807, 2.05) is 24.5 Å². The second kappa shape index (κ2) is 5.00. The van der Waals surface area contributed by atoms with Crippen molar-refractivity contribution in [3.05, 3.63) is 36.3 Å². The lowest BCUT2D eigenvalue weighted by Crippen LogP contribution is -2.59. The predicted molar refractivity (Wildman–Crippen MR) is 76.9 cm³/mol. The molecule has 2 atom stereocenters. The van der Waals surface area contributed by atoms with E-state index in [1.54, 1.807) is 6.20 Å². The van der Waals surface area contributed by atoms with E-state index in [0.717, 1.165) is 29.8 Å². The molecular formula is C15H20N4O. The van der Waals surface area contributed by atoms with E-state index in [1.165, 1.54) is 0 Å². The molecule has 0 amide bonds. The lowest BCUT2D eigenvalue weighted by atomic mass is 9.64. The molecule has 2 unspecified atom stereocenters. The fraction of sp³-hybridized carbons (Fsp3) is 0.467. The van der Waals surface area contributed by atoms with Crippen LogP contribution in [0.5, 0.6) is 0 Å². The lowest BCUT2D eigenvalue weighted by molar-refractivity contribution is -0.0729. The third kappa shape index (κ3) is 2.23. The van der Waals surface area contributed by atoms with Gasteiger partial charge in [-0.3, -0.25) is 10.1 Å². The largest absolute Gasteiger partial charge is 0.392 e. The van der Waals surface area contributed by atoms with Crippen molar-refractivity contribution in [3.8, 4) is 11.3 Å². The third-order valence-corrected chi connectivity index (χ3v) is 4.42. The molecule has 1 aliphatic rings. The molecule has 1 aliphatic carbocycles. The lowest BCUT2D eigenvalue weighted by Gasteiger charge is -2.49. The Labute approximate surface area is 118 Å². The standard InChI is InChI=1S/C15H20N4O/c1-15(2)12(6-13(15)20)17-8-11-9-18-19-14(11)10-4-3-5-16-7-10/h3-5,7,9,12-13,17,20H,6,8H2,1-2H3,(H,18,19). The summed E-state index contributed by atoms with van der Waals surface area (Å²) in [6.45, 7) is 4.92. The van der Waals surface area contributed by atoms with Gasteiger partial charge in [0.2, 0.25) is 0 Å². The van der Waals surface area contributed by atoms with E-state index in [0.29, 0.717) is 6.04 Å². The summed E-state index contributed by atoms with van der Waals surface area (Å²) in [5.41, 5.74) is 3.10. The van der Waals surface area contributed by atoms with Crippen LogP contribution < -0.4 is 5.32 Å². The first kappa shape index (κ1) is 13.3. The Morgan fingerprint density at radius 2 is 2.30 bits per heavy atom. The maximum atomic E-state index is 9.77. The van der Waals surface area contributed by atoms with Gasteiger partial charge in [-0.2, -0.15) is 5.10 Å². The summed E-state index contributed by atoms with van der Waals surface area (Å²) < 4.78 is 0. The van der Waals surface area contributed by atoms with Crippen LogP contribution in [-0.2, 0) is 6.54 Å². The summed E-state index contributed by atoms with van der Waals surface area (Å²) in [6, 6.07) is 4.27. The highest BCUT2D eigenvalue weighted by Crippen LogP contribution is 2.40. The van der Waals surface area contributed by atoms with Crippen molar-refractivity contribution in [1.29, 1.82) is 0 Å². The third-order valence-electron chi connectivity index (χ3n) is 4.42. The van der Waals surface area contributed by atoms with Gasteiger partial charge in [0.05, 0.1) is 18.0 Å². The summed E-state index contributed by atoms with van der Waals surface area (Å²) in [5, 5.41) is 20.4. The number of nitrogens with zero attached hydrogens (tertiary/aromatic N) is 2. The molecule has 1 fully saturated rings. The predicted octanol–water partition coefficient (Wildman–Crippen LogP) is 1.72. The molecule has 5 nitrogen and oxygen atoms in total. The molecule has 0 spiro atoms. The van der Waals surface area contributed by atoms with Crippen LogP contribution in [0, 0.1) is 5.41 Å². The fourth-order valence-corrected chi connectivity index (χ4v) is 2.69. The Bertz CT molecular complexity index is 579. The van der Waals surface area contributed by atoms with Crippen molar-refractivity contribution >= 4 is 0 Å². The summed E-state index contributed by atoms with van der Waals surface area (Å²) in [5.74, 6) is 0. The molecule has 0 aromatic carbocycles. The van der Waals surface area contributed by atoms with E-state index >= 15 is 0 Å². The van der Waals surface area contributed by atoms with Gasteiger partial charge in [-0.15, -0.1) is 0 Å². The highest BCUT2D eigenvalue weighted by atomic mass is 16.3. The van der Waals surface area contributed by atoms with E-state index in [4.69, 9.17) is 0 Å². The maximum absolute atomic E-state index is 9.77. The quantitative estimate of drug-likeness (QED) is 0.792. The Kier molecular flexibility index (Phi) is 3.31. The van der Waals surface area contributed by atoms with Gasteiger partial charge >= 0.3 is 0 Å². The van der Waals surface area contributed by atoms with Crippen LogP contribution in [0.1, 0.15) is 25.8 Å². The Hall–Kier alpha value is -1.72. The van der Waals surface area contributed by atoms with Gasteiger partial charge in [0, 0.05) is 41.5 Å². The van der Waals surface area contributed by atoms with Crippen LogP contribution >= 0.6 is 0 Å². The molecule has 1 saturated carbocycles. The van der Waals surface area contributed by atoms with E-state index in [9.17, 15) is 5.11 Å². The van der Waals surface area contributed by atoms with Gasteiger partial charge in [0.15, 0.2) is 0 Å². The van der Waals surface area contributed by atoms with Gasteiger partial charge in [-0.25, -0.2) is 0 Å². The number of aromatic nitrogens is 3. The summed E-state index contributed by atoms with van der Waals surface area (Å²) in [4.78, 5) is 4.14. The Morgan fingerprint density at radius 1 is 1.45 bits per heavy atom. The minimum absolute atomic E-state index is 0.0573. The number of hydrogen-bond donors (Lipinski definition) is 3. The van der Waals surface area contributed by atoms with Crippen LogP contribution in [0.25, 0.3) is 11.3 Å².